The molecule has 0 aliphatic carbocycles. The second-order valence-electron chi connectivity index (χ2n) is 6.05. The van der Waals surface area contributed by atoms with E-state index in [-0.39, 0.29) is 21.2 Å². The zero-order valence-corrected chi connectivity index (χ0v) is 18.4. The highest BCUT2D eigenvalue weighted by atomic mass is 35.5. The second-order valence-corrected chi connectivity index (χ2v) is 8.11. The third kappa shape index (κ3) is 7.31. The fraction of sp³-hybridized carbons (Fsp3) is 0.263. The van der Waals surface area contributed by atoms with Gasteiger partial charge in [0.05, 0.1) is 22.0 Å². The number of sulfonamides is 1. The lowest BCUT2D eigenvalue weighted by atomic mass is 10.1. The number of nitrogens with zero attached hydrogens (tertiary/aromatic N) is 1. The van der Waals surface area contributed by atoms with E-state index in [9.17, 15) is 31.5 Å². The molecule has 0 fully saturated rings. The quantitative estimate of drug-likeness (QED) is 0.521. The lowest BCUT2D eigenvalue weighted by Crippen LogP contribution is -2.24. The molecule has 2 aromatic carbocycles. The number of benzene rings is 2. The minimum Gasteiger partial charge on any atom is -0.478 e. The number of halogens is 4. The van der Waals surface area contributed by atoms with Crippen LogP contribution >= 0.6 is 11.6 Å². The van der Waals surface area contributed by atoms with Gasteiger partial charge in [0.15, 0.2) is 0 Å². The number of aliphatic carboxylic acids is 1. The molecular weight excluding hydrogens is 477 g/mol. The molecule has 8 nitrogen and oxygen atoms in total. The maximum absolute atomic E-state index is 12.7. The van der Waals surface area contributed by atoms with Crippen LogP contribution in [-0.4, -0.2) is 49.8 Å². The van der Waals surface area contributed by atoms with Crippen LogP contribution in [0.4, 0.5) is 24.5 Å². The van der Waals surface area contributed by atoms with Gasteiger partial charge < -0.3 is 15.1 Å². The van der Waals surface area contributed by atoms with Crippen LogP contribution in [0.2, 0.25) is 5.02 Å². The molecule has 0 aromatic heterocycles. The van der Waals surface area contributed by atoms with Crippen molar-refractivity contribution in [3.8, 4) is 0 Å². The average molecular weight is 497 g/mol. The van der Waals surface area contributed by atoms with Crippen LogP contribution in [0.25, 0.3) is 0 Å². The van der Waals surface area contributed by atoms with Gasteiger partial charge in [0.2, 0.25) is 0 Å². The van der Waals surface area contributed by atoms with Crippen LogP contribution in [-0.2, 0) is 14.8 Å². The molecule has 0 radical (unpaired) electrons. The van der Waals surface area contributed by atoms with Crippen LogP contribution in [0, 0.1) is 0 Å². The normalized spacial score (nSPS) is 11.2. The zero-order valence-electron chi connectivity index (χ0n) is 16.9. The highest BCUT2D eigenvalue weighted by Crippen LogP contribution is 2.31. The van der Waals surface area contributed by atoms with Crippen molar-refractivity contribution in [2.24, 2.45) is 0 Å². The SMILES string of the molecule is CCN(CC)c1ccc(C(=O)O)cc1NS(=O)(=O)c1ccccc1Cl.O=C(O)C(F)(F)F. The Morgan fingerprint density at radius 1 is 1.06 bits per heavy atom. The van der Waals surface area contributed by atoms with Gasteiger partial charge in [-0.2, -0.15) is 13.2 Å². The number of carbonyl (C=O) groups is 2. The number of nitrogens with one attached hydrogen (secondary N) is 1. The minimum absolute atomic E-state index is 0.00670. The number of aromatic carboxylic acids is 1. The van der Waals surface area contributed by atoms with Gasteiger partial charge in [-0.05, 0) is 44.2 Å². The number of alkyl halides is 3. The summed E-state index contributed by atoms with van der Waals surface area (Å²) >= 11 is 5.99. The van der Waals surface area contributed by atoms with Gasteiger partial charge in [-0.15, -0.1) is 0 Å². The van der Waals surface area contributed by atoms with Crippen LogP contribution < -0.4 is 9.62 Å². The second kappa shape index (κ2) is 11.0. The van der Waals surface area contributed by atoms with Crippen molar-refractivity contribution >= 4 is 44.9 Å². The van der Waals surface area contributed by atoms with E-state index in [4.69, 9.17) is 21.5 Å². The molecule has 13 heteroatoms. The van der Waals surface area contributed by atoms with E-state index in [1.165, 1.54) is 24.3 Å². The largest absolute Gasteiger partial charge is 0.490 e. The topological polar surface area (TPSA) is 124 Å². The summed E-state index contributed by atoms with van der Waals surface area (Å²) in [6, 6.07) is 10.4. The molecule has 3 N–H and O–H groups in total. The summed E-state index contributed by atoms with van der Waals surface area (Å²) in [5.74, 6) is -3.89. The number of hydrogen-bond donors (Lipinski definition) is 3. The Morgan fingerprint density at radius 2 is 1.59 bits per heavy atom. The summed E-state index contributed by atoms with van der Waals surface area (Å²) in [5.41, 5.74) is 0.793. The molecule has 0 spiro atoms. The molecule has 0 atom stereocenters. The van der Waals surface area contributed by atoms with Crippen molar-refractivity contribution in [3.05, 3.63) is 53.1 Å². The minimum atomic E-state index is -5.08. The van der Waals surface area contributed by atoms with Crippen molar-refractivity contribution in [3.63, 3.8) is 0 Å². The van der Waals surface area contributed by atoms with E-state index in [1.807, 2.05) is 18.7 Å². The third-order valence-corrected chi connectivity index (χ3v) is 5.83. The summed E-state index contributed by atoms with van der Waals surface area (Å²) in [6.45, 7) is 5.15. The molecule has 0 saturated heterocycles. The van der Waals surface area contributed by atoms with Crippen LogP contribution in [0.1, 0.15) is 24.2 Å². The summed E-state index contributed by atoms with van der Waals surface area (Å²) in [7, 11) is -3.96. The first-order valence-electron chi connectivity index (χ1n) is 8.94. The Hall–Kier alpha value is -2.99. The molecule has 176 valence electrons. The molecule has 2 rings (SSSR count). The van der Waals surface area contributed by atoms with E-state index in [2.05, 4.69) is 4.72 Å². The van der Waals surface area contributed by atoms with Crippen molar-refractivity contribution in [2.45, 2.75) is 24.9 Å². The maximum atomic E-state index is 12.7. The van der Waals surface area contributed by atoms with E-state index >= 15 is 0 Å². The zero-order chi connectivity index (χ0) is 24.7. The van der Waals surface area contributed by atoms with Crippen molar-refractivity contribution in [1.29, 1.82) is 0 Å². The van der Waals surface area contributed by atoms with Crippen molar-refractivity contribution in [1.82, 2.24) is 0 Å². The van der Waals surface area contributed by atoms with Gasteiger partial charge in [-0.1, -0.05) is 23.7 Å². The molecule has 0 unspecified atom stereocenters. The summed E-state index contributed by atoms with van der Waals surface area (Å²) in [4.78, 5) is 22.0. The van der Waals surface area contributed by atoms with Gasteiger partial charge in [-0.25, -0.2) is 18.0 Å². The lowest BCUT2D eigenvalue weighted by molar-refractivity contribution is -0.192. The molecule has 0 aliphatic rings. The predicted octanol–water partition coefficient (Wildman–Crippen LogP) is 4.32. The standard InChI is InChI=1S/C17H19ClN2O4S.C2HF3O2/c1-3-20(4-2)15-10-9-12(17(21)22)11-14(15)19-25(23,24)16-8-6-5-7-13(16)18;3-2(4,5)1(6)7/h5-11,19H,3-4H2,1-2H3,(H,21,22);(H,6,7). The number of carboxylic acid groups (broad SMARTS) is 2. The molecule has 32 heavy (non-hydrogen) atoms. The summed E-state index contributed by atoms with van der Waals surface area (Å²) in [5, 5.41) is 16.4. The van der Waals surface area contributed by atoms with E-state index in [0.717, 1.165) is 0 Å². The first-order valence-corrected chi connectivity index (χ1v) is 10.8. The summed E-state index contributed by atoms with van der Waals surface area (Å²) < 4.78 is 59.6. The number of hydrogen-bond acceptors (Lipinski definition) is 5. The summed E-state index contributed by atoms with van der Waals surface area (Å²) in [6.07, 6.45) is -5.08. The maximum Gasteiger partial charge on any atom is 0.490 e. The van der Waals surface area contributed by atoms with Crippen LogP contribution in [0.3, 0.4) is 0 Å². The Kier molecular flexibility index (Phi) is 9.34. The molecule has 0 saturated carbocycles. The fourth-order valence-electron chi connectivity index (χ4n) is 2.45. The Morgan fingerprint density at radius 3 is 2.03 bits per heavy atom. The molecule has 0 bridgehead atoms. The van der Waals surface area contributed by atoms with Crippen molar-refractivity contribution in [2.75, 3.05) is 22.7 Å². The number of anilines is 2. The first-order chi connectivity index (χ1) is 14.7. The van der Waals surface area contributed by atoms with Crippen molar-refractivity contribution < 1.29 is 41.4 Å². The Balaban J connectivity index is 0.000000633. The van der Waals surface area contributed by atoms with E-state index in [1.54, 1.807) is 18.2 Å². The van der Waals surface area contributed by atoms with Crippen LogP contribution in [0.5, 0.6) is 0 Å². The highest BCUT2D eigenvalue weighted by Gasteiger charge is 2.38. The van der Waals surface area contributed by atoms with Gasteiger partial charge in [-0.3, -0.25) is 4.72 Å². The fourth-order valence-corrected chi connectivity index (χ4v) is 4.04. The van der Waals surface area contributed by atoms with Gasteiger partial charge in [0, 0.05) is 13.1 Å². The van der Waals surface area contributed by atoms with Gasteiger partial charge in [0.25, 0.3) is 10.0 Å². The monoisotopic (exact) mass is 496 g/mol. The highest BCUT2D eigenvalue weighted by molar-refractivity contribution is 7.92. The Labute approximate surface area is 187 Å². The smallest absolute Gasteiger partial charge is 0.478 e. The number of carboxylic acids is 2. The van der Waals surface area contributed by atoms with E-state index < -0.39 is 28.1 Å². The Bertz CT molecular complexity index is 1070. The molecular formula is C19H20ClF3N2O6S. The van der Waals surface area contributed by atoms with E-state index in [0.29, 0.717) is 18.8 Å². The molecule has 0 amide bonds. The number of rotatable bonds is 7. The van der Waals surface area contributed by atoms with Gasteiger partial charge >= 0.3 is 18.1 Å². The van der Waals surface area contributed by atoms with Gasteiger partial charge in [0.1, 0.15) is 4.90 Å². The lowest BCUT2D eigenvalue weighted by Gasteiger charge is -2.25. The molecule has 2 aromatic rings. The van der Waals surface area contributed by atoms with Crippen LogP contribution in [0.15, 0.2) is 47.4 Å². The first kappa shape index (κ1) is 27.0. The molecule has 0 heterocycles. The predicted molar refractivity (Wildman–Crippen MR) is 113 cm³/mol. The third-order valence-electron chi connectivity index (χ3n) is 3.96. The molecule has 0 aliphatic heterocycles. The average Bonchev–Trinajstić information content (AvgIpc) is 2.69.